The van der Waals surface area contributed by atoms with Crippen LogP contribution in [0.1, 0.15) is 47.2 Å². The molecule has 2 aliphatic rings. The molecular weight excluding hydrogens is 903 g/mol. The van der Waals surface area contributed by atoms with E-state index in [1.54, 1.807) is 0 Å². The van der Waals surface area contributed by atoms with Crippen molar-refractivity contribution >= 4 is 27.8 Å². The molecule has 75 heavy (non-hydrogen) atoms. The molecule has 0 unspecified atom stereocenters. The van der Waals surface area contributed by atoms with Crippen molar-refractivity contribution in [3.05, 3.63) is 318 Å². The fourth-order valence-corrected chi connectivity index (χ4v) is 12.9. The summed E-state index contributed by atoms with van der Waals surface area (Å²) in [7, 11) is 0. The smallest absolute Gasteiger partial charge is 0.0713 e. The predicted molar refractivity (Wildman–Crippen MR) is 315 cm³/mol. The fourth-order valence-electron chi connectivity index (χ4n) is 12.9. The molecule has 0 aromatic heterocycles. The van der Waals surface area contributed by atoms with Gasteiger partial charge in [-0.2, -0.15) is 0 Å². The van der Waals surface area contributed by atoms with Crippen molar-refractivity contribution in [2.45, 2.75) is 24.7 Å². The molecule has 0 fully saturated rings. The number of benzene rings is 12. The molecule has 0 heterocycles. The lowest BCUT2D eigenvalue weighted by molar-refractivity contribution is 0.660. The van der Waals surface area contributed by atoms with E-state index in [9.17, 15) is 0 Å². The van der Waals surface area contributed by atoms with Gasteiger partial charge >= 0.3 is 0 Å². The highest BCUT2D eigenvalue weighted by atomic mass is 15.1. The second kappa shape index (κ2) is 17.7. The van der Waals surface area contributed by atoms with Crippen molar-refractivity contribution < 1.29 is 0 Å². The van der Waals surface area contributed by atoms with Gasteiger partial charge in [-0.15, -0.1) is 0 Å². The van der Waals surface area contributed by atoms with E-state index >= 15 is 0 Å². The minimum absolute atomic E-state index is 0.218. The largest absolute Gasteiger partial charge is 0.309 e. The molecule has 0 spiro atoms. The third-order valence-corrected chi connectivity index (χ3v) is 16.3. The molecule has 1 heteroatoms. The summed E-state index contributed by atoms with van der Waals surface area (Å²) in [4.78, 5) is 2.58. The number of anilines is 3. The molecule has 0 atom stereocenters. The van der Waals surface area contributed by atoms with Gasteiger partial charge < -0.3 is 4.90 Å². The van der Waals surface area contributed by atoms with Crippen LogP contribution in [-0.4, -0.2) is 0 Å². The first-order valence-electron chi connectivity index (χ1n) is 26.2. The van der Waals surface area contributed by atoms with E-state index in [0.717, 1.165) is 39.3 Å². The highest BCUT2D eigenvalue weighted by molar-refractivity contribution is 6.02. The van der Waals surface area contributed by atoms with Crippen molar-refractivity contribution in [1.29, 1.82) is 0 Å². The standard InChI is InChI=1S/C74H53N/c1-73(2)66-35-19-17-32-62(66)64-45-42-59(49-68(64)73)75(70-37-21-34-61(51-23-7-3-8-24-51)72(70)52-25-9-4-10-26-52)71-48-55(54-39-38-50-22-15-16-27-53(50)46-54)40-43-60(71)56-41-44-65-63-33-18-20-36-67(63)74(69(65)47-56,57-28-11-5-12-29-57)58-30-13-6-14-31-58/h3-49H,1-2H3. The molecule has 0 saturated heterocycles. The Labute approximate surface area is 440 Å². The molecule has 0 saturated carbocycles. The van der Waals surface area contributed by atoms with Gasteiger partial charge in [0.25, 0.3) is 0 Å². The topological polar surface area (TPSA) is 3.24 Å². The summed E-state index contributed by atoms with van der Waals surface area (Å²) in [6.45, 7) is 4.77. The molecule has 2 aliphatic carbocycles. The summed E-state index contributed by atoms with van der Waals surface area (Å²) in [5, 5.41) is 2.45. The highest BCUT2D eigenvalue weighted by Gasteiger charge is 2.46. The maximum Gasteiger partial charge on any atom is 0.0713 e. The van der Waals surface area contributed by atoms with Crippen LogP contribution in [0.3, 0.4) is 0 Å². The second-order valence-electron chi connectivity index (χ2n) is 20.7. The van der Waals surface area contributed by atoms with Crippen LogP contribution < -0.4 is 4.90 Å². The lowest BCUT2D eigenvalue weighted by Crippen LogP contribution is -2.28. The number of hydrogen-bond acceptors (Lipinski definition) is 1. The molecule has 0 radical (unpaired) electrons. The summed E-state index contributed by atoms with van der Waals surface area (Å²) >= 11 is 0. The Bertz CT molecular complexity index is 4090. The number of fused-ring (bicyclic) bond motifs is 7. The van der Waals surface area contributed by atoms with Gasteiger partial charge in [-0.05, 0) is 136 Å². The van der Waals surface area contributed by atoms with Crippen molar-refractivity contribution in [3.8, 4) is 66.8 Å². The van der Waals surface area contributed by atoms with Gasteiger partial charge in [0.05, 0.1) is 16.8 Å². The lowest BCUT2D eigenvalue weighted by atomic mass is 9.67. The zero-order valence-electron chi connectivity index (χ0n) is 42.1. The van der Waals surface area contributed by atoms with E-state index < -0.39 is 5.41 Å². The first-order valence-corrected chi connectivity index (χ1v) is 26.2. The van der Waals surface area contributed by atoms with Crippen molar-refractivity contribution in [3.63, 3.8) is 0 Å². The van der Waals surface area contributed by atoms with E-state index in [0.29, 0.717) is 0 Å². The molecular formula is C74H53N. The van der Waals surface area contributed by atoms with Crippen molar-refractivity contribution in [1.82, 2.24) is 0 Å². The quantitative estimate of drug-likeness (QED) is 0.139. The van der Waals surface area contributed by atoms with Gasteiger partial charge in [-0.1, -0.05) is 263 Å². The average Bonchev–Trinajstić information content (AvgIpc) is 4.01. The van der Waals surface area contributed by atoms with Crippen LogP contribution in [0.25, 0.3) is 77.5 Å². The SMILES string of the molecule is CC1(C)c2ccccc2-c2ccc(N(c3cc(-c4ccc5ccccc5c4)ccc3-c3ccc4c(c3)C(c3ccccc3)(c3ccccc3)c3ccccc3-4)c3cccc(-c4ccccc4)c3-c3ccccc3)cc21. The van der Waals surface area contributed by atoms with Gasteiger partial charge in [0.15, 0.2) is 0 Å². The van der Waals surface area contributed by atoms with Crippen molar-refractivity contribution in [2.24, 2.45) is 0 Å². The monoisotopic (exact) mass is 955 g/mol. The molecule has 0 N–H and O–H groups in total. The molecule has 0 bridgehead atoms. The zero-order chi connectivity index (χ0) is 50.1. The highest BCUT2D eigenvalue weighted by Crippen LogP contribution is 2.58. The van der Waals surface area contributed by atoms with Gasteiger partial charge in [-0.3, -0.25) is 0 Å². The van der Waals surface area contributed by atoms with Gasteiger partial charge in [-0.25, -0.2) is 0 Å². The van der Waals surface area contributed by atoms with Crippen LogP contribution in [0, 0.1) is 0 Å². The minimum atomic E-state index is -0.555. The summed E-state index contributed by atoms with van der Waals surface area (Å²) in [5.74, 6) is 0. The number of nitrogens with zero attached hydrogens (tertiary/aromatic N) is 1. The molecule has 12 aromatic carbocycles. The predicted octanol–water partition coefficient (Wildman–Crippen LogP) is 19.6. The fraction of sp³-hybridized carbons (Fsp3) is 0.0541. The summed E-state index contributed by atoms with van der Waals surface area (Å²) < 4.78 is 0. The summed E-state index contributed by atoms with van der Waals surface area (Å²) in [6, 6.07) is 106. The van der Waals surface area contributed by atoms with Crippen LogP contribution in [0.4, 0.5) is 17.1 Å². The Kier molecular flexibility index (Phi) is 10.5. The van der Waals surface area contributed by atoms with Crippen LogP contribution in [0.15, 0.2) is 285 Å². The first-order chi connectivity index (χ1) is 37.0. The Morgan fingerprint density at radius 3 is 1.49 bits per heavy atom. The Balaban J connectivity index is 1.09. The van der Waals surface area contributed by atoms with E-state index in [1.807, 2.05) is 0 Å². The molecule has 0 aliphatic heterocycles. The summed E-state index contributed by atoms with van der Waals surface area (Å²) in [5.41, 5.74) is 24.7. The lowest BCUT2D eigenvalue weighted by Gasteiger charge is -2.34. The minimum Gasteiger partial charge on any atom is -0.309 e. The second-order valence-corrected chi connectivity index (χ2v) is 20.7. The zero-order valence-corrected chi connectivity index (χ0v) is 42.1. The van der Waals surface area contributed by atoms with Crippen LogP contribution in [-0.2, 0) is 10.8 Å². The first kappa shape index (κ1) is 44.4. The van der Waals surface area contributed by atoms with E-state index in [4.69, 9.17) is 0 Å². The third kappa shape index (κ3) is 7.07. The van der Waals surface area contributed by atoms with Gasteiger partial charge in [0.2, 0.25) is 0 Å². The van der Waals surface area contributed by atoms with Gasteiger partial charge in [0.1, 0.15) is 0 Å². The molecule has 354 valence electrons. The van der Waals surface area contributed by atoms with Crippen molar-refractivity contribution in [2.75, 3.05) is 4.90 Å². The molecule has 0 amide bonds. The Morgan fingerprint density at radius 1 is 0.267 bits per heavy atom. The number of hydrogen-bond donors (Lipinski definition) is 0. The van der Waals surface area contributed by atoms with Crippen LogP contribution in [0.5, 0.6) is 0 Å². The maximum absolute atomic E-state index is 2.58. The number of rotatable bonds is 9. The molecule has 1 nitrogen and oxygen atoms in total. The van der Waals surface area contributed by atoms with E-state index in [-0.39, 0.29) is 5.41 Å². The van der Waals surface area contributed by atoms with Crippen LogP contribution in [0.2, 0.25) is 0 Å². The van der Waals surface area contributed by atoms with E-state index in [1.165, 1.54) is 88.7 Å². The third-order valence-electron chi connectivity index (χ3n) is 16.3. The average molecular weight is 956 g/mol. The van der Waals surface area contributed by atoms with Gasteiger partial charge in [0, 0.05) is 22.2 Å². The van der Waals surface area contributed by atoms with E-state index in [2.05, 4.69) is 304 Å². The maximum atomic E-state index is 2.58. The Morgan fingerprint density at radius 2 is 0.773 bits per heavy atom. The normalized spacial score (nSPS) is 13.4. The van der Waals surface area contributed by atoms with Crippen LogP contribution >= 0.6 is 0 Å². The summed E-state index contributed by atoms with van der Waals surface area (Å²) in [6.07, 6.45) is 0. The Hall–Kier alpha value is -9.30. The molecule has 14 rings (SSSR count). The molecule has 12 aromatic rings.